The molecular weight excluding hydrogens is 502 g/mol. The summed E-state index contributed by atoms with van der Waals surface area (Å²) in [5, 5.41) is 28.5. The van der Waals surface area contributed by atoms with Crippen LogP contribution in [0.3, 0.4) is 0 Å². The van der Waals surface area contributed by atoms with Crippen LogP contribution in [0.4, 0.5) is 8.78 Å². The zero-order valence-electron chi connectivity index (χ0n) is 21.7. The van der Waals surface area contributed by atoms with E-state index in [-0.39, 0.29) is 13.0 Å². The molecule has 0 aliphatic carbocycles. The van der Waals surface area contributed by atoms with Crippen molar-refractivity contribution in [1.82, 2.24) is 30.8 Å². The molecule has 39 heavy (non-hydrogen) atoms. The van der Waals surface area contributed by atoms with E-state index < -0.39 is 35.7 Å². The van der Waals surface area contributed by atoms with Crippen molar-refractivity contribution in [3.8, 4) is 0 Å². The lowest BCUT2D eigenvalue weighted by Gasteiger charge is -2.27. The van der Waals surface area contributed by atoms with Crippen LogP contribution in [0.15, 0.2) is 79.1 Å². The van der Waals surface area contributed by atoms with Gasteiger partial charge in [0.05, 0.1) is 12.1 Å². The molecule has 1 unspecified atom stereocenters. The number of carbonyl (C=O) groups is 1. The Labute approximate surface area is 226 Å². The van der Waals surface area contributed by atoms with Gasteiger partial charge in [0.25, 0.3) is 0 Å². The van der Waals surface area contributed by atoms with Gasteiger partial charge in [-0.2, -0.15) is 0 Å². The maximum absolute atomic E-state index is 13.9. The normalized spacial score (nSPS) is 13.5. The van der Waals surface area contributed by atoms with Crippen molar-refractivity contribution in [2.45, 2.75) is 50.9 Å². The minimum absolute atomic E-state index is 0.0161. The molecule has 4 aromatic rings. The van der Waals surface area contributed by atoms with Gasteiger partial charge in [-0.1, -0.05) is 61.5 Å². The molecule has 1 heterocycles. The van der Waals surface area contributed by atoms with Crippen molar-refractivity contribution in [2.75, 3.05) is 6.54 Å². The molecule has 1 aromatic heterocycles. The Kier molecular flexibility index (Phi) is 9.82. The Bertz CT molecular complexity index is 1320. The summed E-state index contributed by atoms with van der Waals surface area (Å²) in [6, 6.07) is 19.1. The fourth-order valence-corrected chi connectivity index (χ4v) is 4.47. The quantitative estimate of drug-likeness (QED) is 0.243. The average Bonchev–Trinajstić information content (AvgIpc) is 3.46. The highest BCUT2D eigenvalue weighted by Crippen LogP contribution is 2.16. The number of hydrogen-bond acceptors (Lipinski definition) is 6. The third-order valence-corrected chi connectivity index (χ3v) is 6.51. The number of benzene rings is 3. The van der Waals surface area contributed by atoms with E-state index in [0.717, 1.165) is 23.6 Å². The van der Waals surface area contributed by atoms with E-state index in [9.17, 15) is 18.7 Å². The predicted molar refractivity (Wildman–Crippen MR) is 143 cm³/mol. The van der Waals surface area contributed by atoms with Crippen LogP contribution in [0, 0.1) is 11.6 Å². The van der Waals surface area contributed by atoms with E-state index in [1.807, 2.05) is 42.5 Å². The number of hydrogen-bond donors (Lipinski definition) is 3. The Hall–Kier alpha value is -4.02. The molecular formula is C29H32F2N6O2. The third-order valence-electron chi connectivity index (χ3n) is 6.51. The van der Waals surface area contributed by atoms with Crippen molar-refractivity contribution >= 4 is 5.91 Å². The number of aromatic nitrogens is 4. The second kappa shape index (κ2) is 13.7. The van der Waals surface area contributed by atoms with Crippen LogP contribution in [0.25, 0.3) is 0 Å². The van der Waals surface area contributed by atoms with Gasteiger partial charge in [0.15, 0.2) is 0 Å². The maximum atomic E-state index is 13.9. The Morgan fingerprint density at radius 2 is 1.64 bits per heavy atom. The van der Waals surface area contributed by atoms with Crippen LogP contribution in [-0.4, -0.2) is 49.9 Å². The summed E-state index contributed by atoms with van der Waals surface area (Å²) in [4.78, 5) is 13.5. The van der Waals surface area contributed by atoms with Gasteiger partial charge in [0.1, 0.15) is 24.0 Å². The molecule has 0 saturated carbocycles. The molecule has 0 saturated heterocycles. The number of nitrogens with one attached hydrogen (secondary N) is 2. The van der Waals surface area contributed by atoms with Gasteiger partial charge in [-0.25, -0.2) is 13.5 Å². The highest BCUT2D eigenvalue weighted by atomic mass is 19.1. The lowest BCUT2D eigenvalue weighted by atomic mass is 9.99. The van der Waals surface area contributed by atoms with Crippen molar-refractivity contribution < 1.29 is 18.7 Å². The number of aliphatic hydroxyl groups is 1. The predicted octanol–water partition coefficient (Wildman–Crippen LogP) is 3.18. The zero-order chi connectivity index (χ0) is 27.6. The van der Waals surface area contributed by atoms with Crippen molar-refractivity contribution in [3.05, 3.63) is 113 Å². The molecule has 3 atom stereocenters. The van der Waals surface area contributed by atoms with Gasteiger partial charge in [-0.05, 0) is 57.7 Å². The number of nitrogens with zero attached hydrogens (tertiary/aromatic N) is 4. The van der Waals surface area contributed by atoms with E-state index in [0.29, 0.717) is 18.5 Å². The van der Waals surface area contributed by atoms with Gasteiger partial charge in [0, 0.05) is 25.6 Å². The third kappa shape index (κ3) is 8.23. The van der Waals surface area contributed by atoms with Gasteiger partial charge in [0.2, 0.25) is 5.91 Å². The maximum Gasteiger partial charge on any atom is 0.245 e. The lowest BCUT2D eigenvalue weighted by Crippen LogP contribution is -2.50. The largest absolute Gasteiger partial charge is 0.390 e. The fraction of sp³-hybridized carbons (Fsp3) is 0.310. The Balaban J connectivity index is 1.50. The molecule has 0 bridgehead atoms. The fourth-order valence-electron chi connectivity index (χ4n) is 4.47. The van der Waals surface area contributed by atoms with Gasteiger partial charge >= 0.3 is 0 Å². The minimum Gasteiger partial charge on any atom is -0.390 e. The number of amides is 1. The number of carbonyl (C=O) groups excluding carboxylic acids is 1. The van der Waals surface area contributed by atoms with Crippen LogP contribution in [0.5, 0.6) is 0 Å². The van der Waals surface area contributed by atoms with Crippen molar-refractivity contribution in [2.24, 2.45) is 0 Å². The number of halogens is 2. The second-order valence-corrected chi connectivity index (χ2v) is 9.46. The smallest absolute Gasteiger partial charge is 0.245 e. The Morgan fingerprint density at radius 3 is 2.33 bits per heavy atom. The van der Waals surface area contributed by atoms with Crippen LogP contribution in [0.2, 0.25) is 0 Å². The molecule has 3 aromatic carbocycles. The molecule has 0 aliphatic rings. The molecule has 0 fully saturated rings. The second-order valence-electron chi connectivity index (χ2n) is 9.46. The standard InChI is InChI=1S/C29H32F2N6O2/c1-2-20-9-6-10-22(11-20)17-32-18-28(38)26(14-23-12-24(30)16-25(31)13-23)34-29(39)27(37-19-33-35-36-37)15-21-7-4-3-5-8-21/h3-13,16,19,26-28,32,38H,2,14-15,17-18H2,1H3,(H,34,39)/t26-,27?,28+/m0/s1. The molecule has 0 radical (unpaired) electrons. The van der Waals surface area contributed by atoms with E-state index >= 15 is 0 Å². The summed E-state index contributed by atoms with van der Waals surface area (Å²) in [5.41, 5.74) is 3.49. The summed E-state index contributed by atoms with van der Waals surface area (Å²) < 4.78 is 29.2. The number of aryl methyl sites for hydroxylation is 1. The van der Waals surface area contributed by atoms with E-state index in [2.05, 4.69) is 45.2 Å². The van der Waals surface area contributed by atoms with Crippen LogP contribution in [0.1, 0.15) is 35.2 Å². The highest BCUT2D eigenvalue weighted by Gasteiger charge is 2.28. The van der Waals surface area contributed by atoms with Crippen molar-refractivity contribution in [3.63, 3.8) is 0 Å². The first-order chi connectivity index (χ1) is 18.9. The van der Waals surface area contributed by atoms with Gasteiger partial charge in [-0.15, -0.1) is 5.10 Å². The Morgan fingerprint density at radius 1 is 0.923 bits per heavy atom. The molecule has 204 valence electrons. The first-order valence-electron chi connectivity index (χ1n) is 12.9. The van der Waals surface area contributed by atoms with E-state index in [1.165, 1.54) is 28.7 Å². The van der Waals surface area contributed by atoms with Crippen LogP contribution >= 0.6 is 0 Å². The summed E-state index contributed by atoms with van der Waals surface area (Å²) in [6.45, 7) is 2.74. The molecule has 0 aliphatic heterocycles. The number of tetrazole rings is 1. The minimum atomic E-state index is -1.05. The first-order valence-corrected chi connectivity index (χ1v) is 12.9. The summed E-state index contributed by atoms with van der Waals surface area (Å²) in [5.74, 6) is -1.88. The van der Waals surface area contributed by atoms with Crippen LogP contribution in [-0.2, 0) is 30.6 Å². The molecule has 8 nitrogen and oxygen atoms in total. The lowest BCUT2D eigenvalue weighted by molar-refractivity contribution is -0.126. The van der Waals surface area contributed by atoms with Crippen molar-refractivity contribution in [1.29, 1.82) is 0 Å². The molecule has 3 N–H and O–H groups in total. The number of rotatable bonds is 13. The molecule has 10 heteroatoms. The molecule has 4 rings (SSSR count). The molecule has 0 spiro atoms. The van der Waals surface area contributed by atoms with Gasteiger partial charge in [-0.3, -0.25) is 4.79 Å². The van der Waals surface area contributed by atoms with Gasteiger partial charge < -0.3 is 15.7 Å². The average molecular weight is 535 g/mol. The monoisotopic (exact) mass is 534 g/mol. The number of aliphatic hydroxyl groups excluding tert-OH is 1. The molecule has 1 amide bonds. The highest BCUT2D eigenvalue weighted by molar-refractivity contribution is 5.81. The first kappa shape index (κ1) is 28.0. The zero-order valence-corrected chi connectivity index (χ0v) is 21.7. The summed E-state index contributed by atoms with van der Waals surface area (Å²) in [7, 11) is 0. The summed E-state index contributed by atoms with van der Waals surface area (Å²) >= 11 is 0. The van der Waals surface area contributed by atoms with E-state index in [1.54, 1.807) is 0 Å². The summed E-state index contributed by atoms with van der Waals surface area (Å²) in [6.07, 6.45) is 1.54. The van der Waals surface area contributed by atoms with Crippen LogP contribution < -0.4 is 10.6 Å². The topological polar surface area (TPSA) is 105 Å². The SMILES string of the molecule is CCc1cccc(CNC[C@@H](O)[C@H](Cc2cc(F)cc(F)c2)NC(=O)C(Cc2ccccc2)n2cnnn2)c1. The van der Waals surface area contributed by atoms with E-state index in [4.69, 9.17) is 0 Å².